The molecular formula is C20H36N4O5. The quantitative estimate of drug-likeness (QED) is 0.404. The monoisotopic (exact) mass is 412 g/mol. The Bertz CT molecular complexity index is 579. The van der Waals surface area contributed by atoms with E-state index in [-0.39, 0.29) is 24.2 Å². The highest BCUT2D eigenvalue weighted by Crippen LogP contribution is 2.07. The highest BCUT2D eigenvalue weighted by Gasteiger charge is 2.18. The van der Waals surface area contributed by atoms with E-state index in [2.05, 4.69) is 22.5 Å². The van der Waals surface area contributed by atoms with Crippen LogP contribution in [0.5, 0.6) is 0 Å². The lowest BCUT2D eigenvalue weighted by atomic mass is 10.3. The van der Waals surface area contributed by atoms with Gasteiger partial charge in [0.05, 0.1) is 6.54 Å². The lowest BCUT2D eigenvalue weighted by molar-refractivity contribution is 0.0939. The Morgan fingerprint density at radius 1 is 1.03 bits per heavy atom. The van der Waals surface area contributed by atoms with Crippen LogP contribution in [-0.2, 0) is 16.0 Å². The summed E-state index contributed by atoms with van der Waals surface area (Å²) in [4.78, 5) is 30.5. The van der Waals surface area contributed by atoms with E-state index in [9.17, 15) is 9.59 Å². The van der Waals surface area contributed by atoms with E-state index in [1.54, 1.807) is 4.90 Å². The summed E-state index contributed by atoms with van der Waals surface area (Å²) in [6.07, 6.45) is 4.69. The number of oxazole rings is 1. The van der Waals surface area contributed by atoms with Crippen LogP contribution in [0.4, 0.5) is 4.79 Å². The molecule has 9 nitrogen and oxygen atoms in total. The first-order valence-electron chi connectivity index (χ1n) is 10.5. The van der Waals surface area contributed by atoms with Crippen LogP contribution in [0.1, 0.15) is 62.8 Å². The van der Waals surface area contributed by atoms with Crippen molar-refractivity contribution in [1.82, 2.24) is 20.5 Å². The number of carbonyl (C=O) groups is 2. The smallest absolute Gasteiger partial charge is 0.317 e. The Hall–Kier alpha value is -2.13. The van der Waals surface area contributed by atoms with Crippen LogP contribution in [-0.4, -0.2) is 67.9 Å². The van der Waals surface area contributed by atoms with E-state index >= 15 is 0 Å². The molecular weight excluding hydrogens is 376 g/mol. The fraction of sp³-hybridized carbons (Fsp3) is 0.750. The molecule has 1 rings (SSSR count). The summed E-state index contributed by atoms with van der Waals surface area (Å²) in [5.74, 6) is 0.0262. The summed E-state index contributed by atoms with van der Waals surface area (Å²) in [6, 6.07) is -0.171. The van der Waals surface area contributed by atoms with Gasteiger partial charge in [0.15, 0.2) is 5.69 Å². The van der Waals surface area contributed by atoms with Gasteiger partial charge >= 0.3 is 6.03 Å². The van der Waals surface area contributed by atoms with Gasteiger partial charge in [0.25, 0.3) is 5.91 Å². The normalized spacial score (nSPS) is 10.7. The highest BCUT2D eigenvalue weighted by molar-refractivity contribution is 5.91. The average Bonchev–Trinajstić information content (AvgIpc) is 3.19. The fourth-order valence-corrected chi connectivity index (χ4v) is 2.50. The van der Waals surface area contributed by atoms with Crippen LogP contribution in [0, 0.1) is 0 Å². The van der Waals surface area contributed by atoms with Crippen molar-refractivity contribution in [2.24, 2.45) is 0 Å². The first kappa shape index (κ1) is 24.9. The molecule has 2 N–H and O–H groups in total. The van der Waals surface area contributed by atoms with Crippen LogP contribution in [0.15, 0.2) is 10.7 Å². The SMILES string of the molecule is CCCCNC(=O)N(CCCOCC)Cc1nc(C(=O)NCCCOCC)co1. The summed E-state index contributed by atoms with van der Waals surface area (Å²) in [5.41, 5.74) is 0.206. The van der Waals surface area contributed by atoms with Gasteiger partial charge in [0.2, 0.25) is 5.89 Å². The summed E-state index contributed by atoms with van der Waals surface area (Å²) >= 11 is 0. The van der Waals surface area contributed by atoms with Gasteiger partial charge in [-0.15, -0.1) is 0 Å². The number of nitrogens with one attached hydrogen (secondary N) is 2. The van der Waals surface area contributed by atoms with E-state index in [0.29, 0.717) is 58.4 Å². The number of unbranched alkanes of at least 4 members (excludes halogenated alkanes) is 1. The number of urea groups is 1. The number of carbonyl (C=O) groups excluding carboxylic acids is 2. The maximum atomic E-state index is 12.5. The summed E-state index contributed by atoms with van der Waals surface area (Å²) < 4.78 is 16.0. The number of amides is 3. The molecule has 1 aromatic heterocycles. The molecule has 0 saturated carbocycles. The number of hydrogen-bond donors (Lipinski definition) is 2. The van der Waals surface area contributed by atoms with Crippen LogP contribution in [0.3, 0.4) is 0 Å². The number of aromatic nitrogens is 1. The first-order valence-corrected chi connectivity index (χ1v) is 10.5. The zero-order valence-electron chi connectivity index (χ0n) is 18.0. The van der Waals surface area contributed by atoms with Crippen molar-refractivity contribution in [3.05, 3.63) is 17.8 Å². The molecule has 0 saturated heterocycles. The summed E-state index contributed by atoms with van der Waals surface area (Å²) in [6.45, 7) is 10.3. The van der Waals surface area contributed by atoms with Crippen LogP contribution >= 0.6 is 0 Å². The molecule has 9 heteroatoms. The minimum Gasteiger partial charge on any atom is -0.446 e. The molecule has 0 spiro atoms. The molecule has 0 atom stereocenters. The average molecular weight is 413 g/mol. The number of ether oxygens (including phenoxy) is 2. The molecule has 0 fully saturated rings. The van der Waals surface area contributed by atoms with Gasteiger partial charge in [-0.05, 0) is 33.1 Å². The molecule has 0 aromatic carbocycles. The standard InChI is InChI=1S/C20H36N4O5/c1-4-7-10-22-20(26)24(12-9-14-28-6-3)15-18-23-17(16-29-18)19(25)21-11-8-13-27-5-2/h16H,4-15H2,1-3H3,(H,21,25)(H,22,26). The van der Waals surface area contributed by atoms with E-state index < -0.39 is 0 Å². The van der Waals surface area contributed by atoms with Crippen molar-refractivity contribution in [3.63, 3.8) is 0 Å². The molecule has 166 valence electrons. The lowest BCUT2D eigenvalue weighted by Gasteiger charge is -2.21. The number of hydrogen-bond acceptors (Lipinski definition) is 6. The molecule has 1 aromatic rings. The Balaban J connectivity index is 2.56. The fourth-order valence-electron chi connectivity index (χ4n) is 2.50. The minimum atomic E-state index is -0.299. The molecule has 29 heavy (non-hydrogen) atoms. The molecule has 0 aliphatic rings. The van der Waals surface area contributed by atoms with Crippen molar-refractivity contribution in [1.29, 1.82) is 0 Å². The molecule has 0 aliphatic carbocycles. The third-order valence-electron chi connectivity index (χ3n) is 4.08. The Morgan fingerprint density at radius 2 is 1.72 bits per heavy atom. The third-order valence-corrected chi connectivity index (χ3v) is 4.08. The Kier molecular flexibility index (Phi) is 13.5. The number of rotatable bonds is 16. The Morgan fingerprint density at radius 3 is 2.41 bits per heavy atom. The predicted octanol–water partition coefficient (Wildman–Crippen LogP) is 2.57. The van der Waals surface area contributed by atoms with E-state index in [1.807, 2.05) is 13.8 Å². The summed E-state index contributed by atoms with van der Waals surface area (Å²) in [5, 5.41) is 5.68. The minimum absolute atomic E-state index is 0.171. The second-order valence-electron chi connectivity index (χ2n) is 6.49. The van der Waals surface area contributed by atoms with Gasteiger partial charge in [-0.2, -0.15) is 0 Å². The van der Waals surface area contributed by atoms with Gasteiger partial charge in [0.1, 0.15) is 6.26 Å². The largest absolute Gasteiger partial charge is 0.446 e. The van der Waals surface area contributed by atoms with Gasteiger partial charge < -0.3 is 29.4 Å². The van der Waals surface area contributed by atoms with E-state index in [4.69, 9.17) is 13.9 Å². The third kappa shape index (κ3) is 10.8. The Labute approximate surface area is 173 Å². The maximum absolute atomic E-state index is 12.5. The second kappa shape index (κ2) is 15.8. The van der Waals surface area contributed by atoms with Gasteiger partial charge in [-0.3, -0.25) is 4.79 Å². The maximum Gasteiger partial charge on any atom is 0.317 e. The van der Waals surface area contributed by atoms with E-state index in [0.717, 1.165) is 19.3 Å². The highest BCUT2D eigenvalue weighted by atomic mass is 16.5. The number of nitrogens with zero attached hydrogens (tertiary/aromatic N) is 2. The van der Waals surface area contributed by atoms with Crippen LogP contribution in [0.2, 0.25) is 0 Å². The van der Waals surface area contributed by atoms with Crippen molar-refractivity contribution >= 4 is 11.9 Å². The molecule has 0 aliphatic heterocycles. The van der Waals surface area contributed by atoms with Crippen molar-refractivity contribution in [2.45, 2.75) is 53.0 Å². The van der Waals surface area contributed by atoms with Gasteiger partial charge in [0, 0.05) is 46.1 Å². The lowest BCUT2D eigenvalue weighted by Crippen LogP contribution is -2.40. The van der Waals surface area contributed by atoms with Crippen molar-refractivity contribution in [2.75, 3.05) is 46.1 Å². The molecule has 0 radical (unpaired) electrons. The second-order valence-corrected chi connectivity index (χ2v) is 6.49. The van der Waals surface area contributed by atoms with Crippen LogP contribution < -0.4 is 10.6 Å². The van der Waals surface area contributed by atoms with E-state index in [1.165, 1.54) is 6.26 Å². The molecule has 1 heterocycles. The predicted molar refractivity (Wildman–Crippen MR) is 110 cm³/mol. The van der Waals surface area contributed by atoms with Gasteiger partial charge in [-0.25, -0.2) is 9.78 Å². The van der Waals surface area contributed by atoms with Crippen molar-refractivity contribution in [3.8, 4) is 0 Å². The topological polar surface area (TPSA) is 106 Å². The molecule has 0 unspecified atom stereocenters. The zero-order chi connectivity index (χ0) is 21.3. The molecule has 3 amide bonds. The zero-order valence-corrected chi connectivity index (χ0v) is 18.0. The van der Waals surface area contributed by atoms with Crippen LogP contribution in [0.25, 0.3) is 0 Å². The summed E-state index contributed by atoms with van der Waals surface area (Å²) in [7, 11) is 0. The van der Waals surface area contributed by atoms with Crippen molar-refractivity contribution < 1.29 is 23.5 Å². The van der Waals surface area contributed by atoms with Gasteiger partial charge in [-0.1, -0.05) is 13.3 Å². The molecule has 0 bridgehead atoms. The first-order chi connectivity index (χ1) is 14.1.